The lowest BCUT2D eigenvalue weighted by Crippen LogP contribution is -2.42. The standard InChI is InChI=1S/C24H24ClN5OS/c1-16-21-22(30(28-16)20-11-9-19(25)10-12-20)27-24(32-21)29-13-5-8-18(15-29)23(31)26-14-17-6-3-2-4-7-17/h2-4,6-7,9-12,18H,5,8,13-15H2,1H3,(H,26,31)/t18-/m1/s1. The molecule has 1 aliphatic heterocycles. The Balaban J connectivity index is 1.33. The molecule has 4 aromatic rings. The van der Waals surface area contributed by atoms with Crippen LogP contribution in [0.4, 0.5) is 5.13 Å². The quantitative estimate of drug-likeness (QED) is 0.451. The molecule has 1 amide bonds. The van der Waals surface area contributed by atoms with Crippen molar-refractivity contribution in [3.63, 3.8) is 0 Å². The van der Waals surface area contributed by atoms with Crippen molar-refractivity contribution >= 4 is 44.3 Å². The lowest BCUT2D eigenvalue weighted by molar-refractivity contribution is -0.125. The van der Waals surface area contributed by atoms with Crippen LogP contribution in [0.5, 0.6) is 0 Å². The lowest BCUT2D eigenvalue weighted by atomic mass is 9.97. The van der Waals surface area contributed by atoms with Crippen LogP contribution in [0.15, 0.2) is 54.6 Å². The minimum Gasteiger partial charge on any atom is -0.352 e. The normalized spacial score (nSPS) is 16.4. The number of halogens is 1. The second-order valence-corrected chi connectivity index (χ2v) is 9.53. The van der Waals surface area contributed by atoms with Gasteiger partial charge in [0.1, 0.15) is 0 Å². The smallest absolute Gasteiger partial charge is 0.225 e. The van der Waals surface area contributed by atoms with Crippen LogP contribution in [0, 0.1) is 12.8 Å². The third-order valence-corrected chi connectivity index (χ3v) is 7.29. The number of nitrogens with zero attached hydrogens (tertiary/aromatic N) is 4. The number of anilines is 1. The summed E-state index contributed by atoms with van der Waals surface area (Å²) in [4.78, 5) is 20.0. The molecule has 0 saturated carbocycles. The van der Waals surface area contributed by atoms with Crippen LogP contribution in [-0.2, 0) is 11.3 Å². The van der Waals surface area contributed by atoms with E-state index >= 15 is 0 Å². The van der Waals surface area contributed by atoms with Gasteiger partial charge in [-0.25, -0.2) is 4.68 Å². The highest BCUT2D eigenvalue weighted by atomic mass is 35.5. The van der Waals surface area contributed by atoms with Crippen LogP contribution in [0.25, 0.3) is 16.0 Å². The highest BCUT2D eigenvalue weighted by Crippen LogP contribution is 2.34. The Kier molecular flexibility index (Phi) is 5.85. The monoisotopic (exact) mass is 465 g/mol. The van der Waals surface area contributed by atoms with Crippen molar-refractivity contribution in [1.29, 1.82) is 0 Å². The molecule has 32 heavy (non-hydrogen) atoms. The van der Waals surface area contributed by atoms with Crippen molar-refractivity contribution in [2.45, 2.75) is 26.3 Å². The first-order chi connectivity index (χ1) is 15.6. The van der Waals surface area contributed by atoms with Crippen LogP contribution in [0.1, 0.15) is 24.1 Å². The zero-order valence-corrected chi connectivity index (χ0v) is 19.4. The minimum absolute atomic E-state index is 0.0339. The highest BCUT2D eigenvalue weighted by molar-refractivity contribution is 7.22. The Bertz CT molecular complexity index is 1230. The Morgan fingerprint density at radius 1 is 1.19 bits per heavy atom. The molecule has 8 heteroatoms. The molecule has 1 saturated heterocycles. The van der Waals surface area contributed by atoms with Crippen molar-refractivity contribution in [1.82, 2.24) is 20.1 Å². The van der Waals surface area contributed by atoms with Gasteiger partial charge in [-0.1, -0.05) is 53.3 Å². The summed E-state index contributed by atoms with van der Waals surface area (Å²) >= 11 is 7.69. The van der Waals surface area contributed by atoms with Gasteiger partial charge in [0.15, 0.2) is 10.8 Å². The average molecular weight is 466 g/mol. The molecule has 6 nitrogen and oxygen atoms in total. The van der Waals surface area contributed by atoms with Gasteiger partial charge in [-0.2, -0.15) is 10.1 Å². The topological polar surface area (TPSA) is 63.1 Å². The van der Waals surface area contributed by atoms with E-state index < -0.39 is 0 Å². The van der Waals surface area contributed by atoms with Crippen LogP contribution in [0.3, 0.4) is 0 Å². The lowest BCUT2D eigenvalue weighted by Gasteiger charge is -2.31. The number of carbonyl (C=O) groups is 1. The van der Waals surface area contributed by atoms with Gasteiger partial charge in [-0.05, 0) is 49.6 Å². The molecule has 1 N–H and O–H groups in total. The number of hydrogen-bond acceptors (Lipinski definition) is 5. The Hall–Kier alpha value is -2.90. The fourth-order valence-electron chi connectivity index (χ4n) is 4.11. The zero-order valence-electron chi connectivity index (χ0n) is 17.8. The molecule has 0 bridgehead atoms. The molecule has 1 fully saturated rings. The predicted molar refractivity (Wildman–Crippen MR) is 130 cm³/mol. The maximum absolute atomic E-state index is 12.8. The number of amides is 1. The zero-order chi connectivity index (χ0) is 22.1. The number of piperidine rings is 1. The number of aromatic nitrogens is 3. The molecule has 2 aromatic carbocycles. The van der Waals surface area contributed by atoms with E-state index in [1.807, 2.05) is 66.2 Å². The molecule has 1 atom stereocenters. The molecular weight excluding hydrogens is 442 g/mol. The van der Waals surface area contributed by atoms with E-state index in [0.29, 0.717) is 18.1 Å². The number of carbonyl (C=O) groups excluding carboxylic acids is 1. The first kappa shape index (κ1) is 21.0. The average Bonchev–Trinajstić information content (AvgIpc) is 3.39. The van der Waals surface area contributed by atoms with Crippen molar-refractivity contribution in [3.05, 3.63) is 70.9 Å². The van der Waals surface area contributed by atoms with Crippen LogP contribution in [0.2, 0.25) is 5.02 Å². The molecule has 1 aliphatic rings. The molecule has 0 unspecified atom stereocenters. The number of rotatable bonds is 5. The summed E-state index contributed by atoms with van der Waals surface area (Å²) in [6.07, 6.45) is 1.88. The number of nitrogens with one attached hydrogen (secondary N) is 1. The van der Waals surface area contributed by atoms with Crippen molar-refractivity contribution < 1.29 is 4.79 Å². The number of hydrogen-bond donors (Lipinski definition) is 1. The summed E-state index contributed by atoms with van der Waals surface area (Å²) in [5.74, 6) is 0.0801. The number of thiazole rings is 1. The van der Waals surface area contributed by atoms with E-state index in [1.165, 1.54) is 0 Å². The first-order valence-electron chi connectivity index (χ1n) is 10.8. The summed E-state index contributed by atoms with van der Waals surface area (Å²) in [5, 5.41) is 9.41. The Morgan fingerprint density at radius 3 is 2.75 bits per heavy atom. The molecule has 3 heterocycles. The number of benzene rings is 2. The second-order valence-electron chi connectivity index (χ2n) is 8.11. The van der Waals surface area contributed by atoms with Gasteiger partial charge in [0.05, 0.1) is 22.0 Å². The molecule has 2 aromatic heterocycles. The van der Waals surface area contributed by atoms with E-state index in [0.717, 1.165) is 51.8 Å². The van der Waals surface area contributed by atoms with Gasteiger partial charge in [-0.3, -0.25) is 4.79 Å². The summed E-state index contributed by atoms with van der Waals surface area (Å²) in [7, 11) is 0. The minimum atomic E-state index is -0.0339. The van der Waals surface area contributed by atoms with Crippen molar-refractivity contribution in [3.8, 4) is 5.69 Å². The molecule has 0 radical (unpaired) electrons. The Labute approximate surface area is 195 Å². The van der Waals surface area contributed by atoms with Crippen molar-refractivity contribution in [2.75, 3.05) is 18.0 Å². The molecule has 0 aliphatic carbocycles. The fraction of sp³-hybridized carbons (Fsp3) is 0.292. The molecule has 0 spiro atoms. The third-order valence-electron chi connectivity index (χ3n) is 5.82. The van der Waals surface area contributed by atoms with E-state index in [4.69, 9.17) is 16.6 Å². The van der Waals surface area contributed by atoms with Gasteiger partial charge in [0.25, 0.3) is 0 Å². The van der Waals surface area contributed by atoms with Gasteiger partial charge < -0.3 is 10.2 Å². The number of aryl methyl sites for hydroxylation is 1. The SMILES string of the molecule is Cc1nn(-c2ccc(Cl)cc2)c2nc(N3CCC[C@@H](C(=O)NCc4ccccc4)C3)sc12. The maximum Gasteiger partial charge on any atom is 0.225 e. The molecular formula is C24H24ClN5OS. The van der Waals surface area contributed by atoms with Crippen LogP contribution in [-0.4, -0.2) is 33.8 Å². The number of fused-ring (bicyclic) bond motifs is 1. The largest absolute Gasteiger partial charge is 0.352 e. The molecule has 5 rings (SSSR count). The summed E-state index contributed by atoms with van der Waals surface area (Å²) < 4.78 is 2.94. The maximum atomic E-state index is 12.8. The van der Waals surface area contributed by atoms with Crippen molar-refractivity contribution in [2.24, 2.45) is 5.92 Å². The van der Waals surface area contributed by atoms with E-state index in [1.54, 1.807) is 11.3 Å². The summed E-state index contributed by atoms with van der Waals surface area (Å²) in [6, 6.07) is 17.6. The van der Waals surface area contributed by atoms with Crippen LogP contribution < -0.4 is 10.2 Å². The van der Waals surface area contributed by atoms with Gasteiger partial charge >= 0.3 is 0 Å². The van der Waals surface area contributed by atoms with Gasteiger partial charge in [0.2, 0.25) is 5.91 Å². The Morgan fingerprint density at radius 2 is 1.97 bits per heavy atom. The predicted octanol–water partition coefficient (Wildman–Crippen LogP) is 4.98. The van der Waals surface area contributed by atoms with E-state index in [2.05, 4.69) is 15.3 Å². The first-order valence-corrected chi connectivity index (χ1v) is 12.0. The second kappa shape index (κ2) is 8.92. The van der Waals surface area contributed by atoms with E-state index in [-0.39, 0.29) is 11.8 Å². The summed E-state index contributed by atoms with van der Waals surface area (Å²) in [6.45, 7) is 4.16. The van der Waals surface area contributed by atoms with Gasteiger partial charge in [0, 0.05) is 24.7 Å². The molecule has 164 valence electrons. The van der Waals surface area contributed by atoms with Crippen LogP contribution >= 0.6 is 22.9 Å². The highest BCUT2D eigenvalue weighted by Gasteiger charge is 2.28. The summed E-state index contributed by atoms with van der Waals surface area (Å²) in [5.41, 5.74) is 3.84. The fourth-order valence-corrected chi connectivity index (χ4v) is 5.26. The van der Waals surface area contributed by atoms with Gasteiger partial charge in [-0.15, -0.1) is 0 Å². The third kappa shape index (κ3) is 4.23. The van der Waals surface area contributed by atoms with E-state index in [9.17, 15) is 4.79 Å².